The van der Waals surface area contributed by atoms with Crippen molar-refractivity contribution in [2.24, 2.45) is 0 Å². The molecule has 0 saturated carbocycles. The Morgan fingerprint density at radius 2 is 1.97 bits per heavy atom. The molecule has 0 spiro atoms. The molecule has 0 aliphatic carbocycles. The smallest absolute Gasteiger partial charge is 0.349 e. The number of ether oxygens (including phenoxy) is 2. The van der Waals surface area contributed by atoms with E-state index in [9.17, 15) is 9.18 Å². The van der Waals surface area contributed by atoms with Gasteiger partial charge in [-0.3, -0.25) is 0 Å². The van der Waals surface area contributed by atoms with Crippen LogP contribution >= 0.6 is 11.3 Å². The Morgan fingerprint density at radius 3 is 2.72 bits per heavy atom. The molecular formula is C21H17FN2O4S. The van der Waals surface area contributed by atoms with E-state index in [-0.39, 0.29) is 19.1 Å². The minimum absolute atomic E-state index is 0.101. The zero-order chi connectivity index (χ0) is 20.4. The highest BCUT2D eigenvalue weighted by Crippen LogP contribution is 2.34. The van der Waals surface area contributed by atoms with Gasteiger partial charge in [0.25, 0.3) is 5.89 Å². The fourth-order valence-electron chi connectivity index (χ4n) is 2.94. The maximum absolute atomic E-state index is 14.3. The molecule has 4 aromatic rings. The van der Waals surface area contributed by atoms with Gasteiger partial charge in [-0.1, -0.05) is 41.1 Å². The molecule has 2 heterocycles. The Bertz CT molecular complexity index is 1170. The number of methoxy groups -OCH3 is 1. The van der Waals surface area contributed by atoms with Crippen LogP contribution < -0.4 is 0 Å². The molecule has 0 amide bonds. The first-order valence-electron chi connectivity index (χ1n) is 8.82. The summed E-state index contributed by atoms with van der Waals surface area (Å²) in [7, 11) is 1.49. The highest BCUT2D eigenvalue weighted by molar-refractivity contribution is 7.21. The Hall–Kier alpha value is -3.10. The van der Waals surface area contributed by atoms with Crippen molar-refractivity contribution in [3.05, 3.63) is 70.2 Å². The van der Waals surface area contributed by atoms with Gasteiger partial charge in [0, 0.05) is 28.3 Å². The summed E-state index contributed by atoms with van der Waals surface area (Å²) in [5.74, 6) is -0.396. The van der Waals surface area contributed by atoms with Gasteiger partial charge in [0.2, 0.25) is 5.82 Å². The number of thiophene rings is 1. The Labute approximate surface area is 169 Å². The molecule has 0 bridgehead atoms. The Morgan fingerprint density at radius 1 is 1.17 bits per heavy atom. The van der Waals surface area contributed by atoms with Crippen LogP contribution in [0.25, 0.3) is 21.5 Å². The zero-order valence-corrected chi connectivity index (χ0v) is 16.6. The minimum atomic E-state index is -0.590. The van der Waals surface area contributed by atoms with Gasteiger partial charge in [-0.05, 0) is 19.1 Å². The summed E-state index contributed by atoms with van der Waals surface area (Å²) in [5.41, 5.74) is 2.40. The van der Waals surface area contributed by atoms with Crippen molar-refractivity contribution in [2.75, 3.05) is 7.11 Å². The molecular weight excluding hydrogens is 395 g/mol. The number of aryl methyl sites for hydroxylation is 1. The van der Waals surface area contributed by atoms with Gasteiger partial charge in [0.1, 0.15) is 10.7 Å². The van der Waals surface area contributed by atoms with Crippen molar-refractivity contribution >= 4 is 27.4 Å². The van der Waals surface area contributed by atoms with Gasteiger partial charge >= 0.3 is 5.97 Å². The highest BCUT2D eigenvalue weighted by atomic mass is 32.1. The lowest BCUT2D eigenvalue weighted by Gasteiger charge is -2.04. The number of hydrogen-bond acceptors (Lipinski definition) is 7. The van der Waals surface area contributed by atoms with Crippen molar-refractivity contribution in [2.45, 2.75) is 20.1 Å². The fourth-order valence-corrected chi connectivity index (χ4v) is 4.06. The second-order valence-corrected chi connectivity index (χ2v) is 7.46. The first-order chi connectivity index (χ1) is 14.1. The third kappa shape index (κ3) is 3.90. The molecule has 0 N–H and O–H groups in total. The normalized spacial score (nSPS) is 11.1. The van der Waals surface area contributed by atoms with Crippen molar-refractivity contribution in [3.63, 3.8) is 0 Å². The average molecular weight is 412 g/mol. The number of hydrogen-bond donors (Lipinski definition) is 0. The molecule has 0 saturated heterocycles. The number of nitrogens with zero attached hydrogens (tertiary/aromatic N) is 2. The summed E-state index contributed by atoms with van der Waals surface area (Å²) in [6.45, 7) is 1.91. The van der Waals surface area contributed by atoms with Gasteiger partial charge < -0.3 is 14.0 Å². The monoisotopic (exact) mass is 412 g/mol. The number of aromatic nitrogens is 2. The summed E-state index contributed by atoms with van der Waals surface area (Å²) < 4.78 is 30.6. The van der Waals surface area contributed by atoms with Crippen LogP contribution in [0.2, 0.25) is 0 Å². The molecule has 8 heteroatoms. The first-order valence-corrected chi connectivity index (χ1v) is 9.64. The molecule has 0 unspecified atom stereocenters. The van der Waals surface area contributed by atoms with Crippen molar-refractivity contribution < 1.29 is 23.2 Å². The van der Waals surface area contributed by atoms with E-state index in [0.29, 0.717) is 26.4 Å². The van der Waals surface area contributed by atoms with E-state index in [0.717, 1.165) is 22.5 Å². The van der Waals surface area contributed by atoms with Crippen LogP contribution in [0.1, 0.15) is 26.7 Å². The van der Waals surface area contributed by atoms with Crippen molar-refractivity contribution in [1.82, 2.24) is 10.1 Å². The molecule has 0 aliphatic heterocycles. The van der Waals surface area contributed by atoms with E-state index in [2.05, 4.69) is 10.1 Å². The largest absolute Gasteiger partial charge is 0.451 e. The molecule has 0 radical (unpaired) electrons. The highest BCUT2D eigenvalue weighted by Gasteiger charge is 2.22. The van der Waals surface area contributed by atoms with Gasteiger partial charge in [0.15, 0.2) is 6.61 Å². The number of rotatable bonds is 6. The van der Waals surface area contributed by atoms with E-state index in [1.807, 2.05) is 31.2 Å². The Balaban J connectivity index is 1.52. The van der Waals surface area contributed by atoms with Crippen LogP contribution in [0, 0.1) is 12.7 Å². The summed E-state index contributed by atoms with van der Waals surface area (Å²) in [6.07, 6.45) is 0. The average Bonchev–Trinajstić information content (AvgIpc) is 3.33. The molecule has 2 aromatic carbocycles. The predicted octanol–water partition coefficient (Wildman–Crippen LogP) is 4.90. The van der Waals surface area contributed by atoms with Crippen LogP contribution in [-0.4, -0.2) is 23.2 Å². The van der Waals surface area contributed by atoms with Crippen molar-refractivity contribution in [3.8, 4) is 11.4 Å². The van der Waals surface area contributed by atoms with Crippen LogP contribution in [0.3, 0.4) is 0 Å². The zero-order valence-electron chi connectivity index (χ0n) is 15.8. The Kier molecular flexibility index (Phi) is 5.37. The van der Waals surface area contributed by atoms with Crippen LogP contribution in [0.15, 0.2) is 47.0 Å². The maximum Gasteiger partial charge on any atom is 0.349 e. The second kappa shape index (κ2) is 8.10. The topological polar surface area (TPSA) is 74.5 Å². The summed E-state index contributed by atoms with van der Waals surface area (Å²) in [5, 5.41) is 4.30. The van der Waals surface area contributed by atoms with Gasteiger partial charge in [-0.2, -0.15) is 4.98 Å². The molecule has 2 aromatic heterocycles. The summed E-state index contributed by atoms with van der Waals surface area (Å²) in [6, 6.07) is 12.4. The number of esters is 1. The first kappa shape index (κ1) is 19.2. The fraction of sp³-hybridized carbons (Fsp3) is 0.190. The van der Waals surface area contributed by atoms with E-state index in [1.165, 1.54) is 13.2 Å². The summed E-state index contributed by atoms with van der Waals surface area (Å²) >= 11 is 1.16. The molecule has 148 valence electrons. The SMILES string of the molecule is COCc1c(C(=O)OCc2nc(-c3ccc(C)cc3)no2)sc2cccc(F)c12. The predicted molar refractivity (Wildman–Crippen MR) is 106 cm³/mol. The second-order valence-electron chi connectivity index (χ2n) is 6.41. The molecule has 29 heavy (non-hydrogen) atoms. The minimum Gasteiger partial charge on any atom is -0.451 e. The van der Waals surface area contributed by atoms with E-state index < -0.39 is 11.8 Å². The molecule has 4 rings (SSSR count). The molecule has 0 fully saturated rings. The lowest BCUT2D eigenvalue weighted by molar-refractivity contribution is 0.0431. The third-order valence-corrected chi connectivity index (χ3v) is 5.52. The van der Waals surface area contributed by atoms with Gasteiger partial charge in [-0.15, -0.1) is 11.3 Å². The number of halogens is 1. The van der Waals surface area contributed by atoms with E-state index in [1.54, 1.807) is 12.1 Å². The quantitative estimate of drug-likeness (QED) is 0.419. The van der Waals surface area contributed by atoms with E-state index in [4.69, 9.17) is 14.0 Å². The summed E-state index contributed by atoms with van der Waals surface area (Å²) in [4.78, 5) is 17.2. The number of carbonyl (C=O) groups excluding carboxylic acids is 1. The lowest BCUT2D eigenvalue weighted by Crippen LogP contribution is -2.06. The van der Waals surface area contributed by atoms with Crippen LogP contribution in [0.5, 0.6) is 0 Å². The van der Waals surface area contributed by atoms with E-state index >= 15 is 0 Å². The van der Waals surface area contributed by atoms with Crippen LogP contribution in [-0.2, 0) is 22.7 Å². The molecule has 0 atom stereocenters. The van der Waals surface area contributed by atoms with Crippen molar-refractivity contribution in [1.29, 1.82) is 0 Å². The molecule has 0 aliphatic rings. The standard InChI is InChI=1S/C21H17FN2O4S/c1-12-6-8-13(9-7-12)20-23-17(28-24-20)11-27-21(25)19-14(10-26-2)18-15(22)4-3-5-16(18)29-19/h3-9H,10-11H2,1-2H3. The number of fused-ring (bicyclic) bond motifs is 1. The number of benzene rings is 2. The third-order valence-electron chi connectivity index (χ3n) is 4.34. The van der Waals surface area contributed by atoms with Gasteiger partial charge in [0.05, 0.1) is 6.61 Å². The van der Waals surface area contributed by atoms with Crippen LogP contribution in [0.4, 0.5) is 4.39 Å². The molecule has 6 nitrogen and oxygen atoms in total. The maximum atomic E-state index is 14.3. The lowest BCUT2D eigenvalue weighted by atomic mass is 10.1. The van der Waals surface area contributed by atoms with Gasteiger partial charge in [-0.25, -0.2) is 9.18 Å². The number of carbonyl (C=O) groups is 1.